The molecule has 23 heavy (non-hydrogen) atoms. The zero-order chi connectivity index (χ0) is 16.4. The van der Waals surface area contributed by atoms with E-state index in [-0.39, 0.29) is 30.6 Å². The van der Waals surface area contributed by atoms with Crippen LogP contribution in [0.4, 0.5) is 0 Å². The second-order valence-electron chi connectivity index (χ2n) is 5.74. The van der Waals surface area contributed by atoms with Gasteiger partial charge in [-0.15, -0.1) is 24.0 Å². The molecule has 0 saturated carbocycles. The second kappa shape index (κ2) is 12.6. The average molecular weight is 437 g/mol. The number of hydrogen-bond donors (Lipinski definition) is 2. The van der Waals surface area contributed by atoms with Crippen molar-refractivity contribution in [1.29, 1.82) is 0 Å². The van der Waals surface area contributed by atoms with Crippen LogP contribution in [0, 0.1) is 5.92 Å². The highest BCUT2D eigenvalue weighted by atomic mass is 127. The molecule has 1 aromatic rings. The molecule has 0 aliphatic heterocycles. The van der Waals surface area contributed by atoms with E-state index in [2.05, 4.69) is 29.2 Å². The third-order valence-electron chi connectivity index (χ3n) is 3.61. The number of aliphatic imine (C=N–C) groups is 1. The van der Waals surface area contributed by atoms with Crippen LogP contribution in [0.15, 0.2) is 17.4 Å². The van der Waals surface area contributed by atoms with Gasteiger partial charge < -0.3 is 15.3 Å². The number of nitrogens with zero attached hydrogens (tertiary/aromatic N) is 4. The molecule has 1 rings (SSSR count). The number of aromatic nitrogens is 2. The van der Waals surface area contributed by atoms with Crippen molar-refractivity contribution in [1.82, 2.24) is 20.0 Å². The van der Waals surface area contributed by atoms with E-state index >= 15 is 0 Å². The van der Waals surface area contributed by atoms with Gasteiger partial charge in [-0.05, 0) is 25.7 Å². The van der Waals surface area contributed by atoms with Crippen LogP contribution in [0.1, 0.15) is 38.7 Å². The molecule has 6 nitrogen and oxygen atoms in total. The number of aliphatic hydroxyl groups is 1. The SMILES string of the molecule is CCCC(CCO)CN=C(NCC)N(C)Cc1cnn(C)c1.I. The Hall–Kier alpha value is -0.830. The average Bonchev–Trinajstić information content (AvgIpc) is 2.88. The van der Waals surface area contributed by atoms with Crippen LogP contribution in [-0.4, -0.2) is 52.5 Å². The molecule has 0 fully saturated rings. The fraction of sp³-hybridized carbons (Fsp3) is 0.750. The van der Waals surface area contributed by atoms with Gasteiger partial charge in [0, 0.05) is 52.1 Å². The highest BCUT2D eigenvalue weighted by Crippen LogP contribution is 2.11. The number of nitrogens with one attached hydrogen (secondary N) is 1. The quantitative estimate of drug-likeness (QED) is 0.353. The third kappa shape index (κ3) is 8.55. The largest absolute Gasteiger partial charge is 0.396 e. The predicted molar refractivity (Wildman–Crippen MR) is 106 cm³/mol. The lowest BCUT2D eigenvalue weighted by atomic mass is 10.0. The van der Waals surface area contributed by atoms with E-state index in [9.17, 15) is 0 Å². The zero-order valence-electron chi connectivity index (χ0n) is 14.8. The Morgan fingerprint density at radius 3 is 2.70 bits per heavy atom. The molecule has 0 bridgehead atoms. The normalized spacial score (nSPS) is 12.7. The molecule has 0 radical (unpaired) electrons. The van der Waals surface area contributed by atoms with Crippen LogP contribution in [0.5, 0.6) is 0 Å². The number of hydrogen-bond acceptors (Lipinski definition) is 3. The Morgan fingerprint density at radius 2 is 2.17 bits per heavy atom. The van der Waals surface area contributed by atoms with E-state index in [4.69, 9.17) is 10.1 Å². The summed E-state index contributed by atoms with van der Waals surface area (Å²) in [6.07, 6.45) is 6.96. The van der Waals surface area contributed by atoms with Gasteiger partial charge in [0.2, 0.25) is 0 Å². The summed E-state index contributed by atoms with van der Waals surface area (Å²) in [6, 6.07) is 0. The standard InChI is InChI=1S/C16H31N5O.HI/c1-5-7-14(8-9-22)10-18-16(17-6-2)20(3)12-15-11-19-21(4)13-15;/h11,13-14,22H,5-10,12H2,1-4H3,(H,17,18);1H. The maximum atomic E-state index is 9.15. The van der Waals surface area contributed by atoms with Crippen molar-refractivity contribution in [3.8, 4) is 0 Å². The first-order valence-corrected chi connectivity index (χ1v) is 8.18. The molecule has 134 valence electrons. The van der Waals surface area contributed by atoms with Gasteiger partial charge >= 0.3 is 0 Å². The first-order valence-electron chi connectivity index (χ1n) is 8.18. The number of aryl methyl sites for hydroxylation is 1. The van der Waals surface area contributed by atoms with Gasteiger partial charge in [-0.3, -0.25) is 9.67 Å². The van der Waals surface area contributed by atoms with E-state index < -0.39 is 0 Å². The first-order chi connectivity index (χ1) is 10.6. The summed E-state index contributed by atoms with van der Waals surface area (Å²) in [5.41, 5.74) is 1.16. The summed E-state index contributed by atoms with van der Waals surface area (Å²) in [6.45, 7) is 6.86. The molecule has 0 aromatic carbocycles. The molecule has 0 aliphatic carbocycles. The molecule has 0 spiro atoms. The Balaban J connectivity index is 0.00000484. The smallest absolute Gasteiger partial charge is 0.193 e. The molecule has 1 unspecified atom stereocenters. The van der Waals surface area contributed by atoms with Gasteiger partial charge in [0.05, 0.1) is 6.20 Å². The van der Waals surface area contributed by atoms with Crippen molar-refractivity contribution >= 4 is 29.9 Å². The monoisotopic (exact) mass is 437 g/mol. The van der Waals surface area contributed by atoms with Gasteiger partial charge in [-0.25, -0.2) is 0 Å². The molecule has 1 aromatic heterocycles. The lowest BCUT2D eigenvalue weighted by Crippen LogP contribution is -2.38. The minimum atomic E-state index is 0. The van der Waals surface area contributed by atoms with E-state index in [1.165, 1.54) is 0 Å². The molecular weight excluding hydrogens is 405 g/mol. The number of guanidine groups is 1. The lowest BCUT2D eigenvalue weighted by Gasteiger charge is -2.22. The summed E-state index contributed by atoms with van der Waals surface area (Å²) < 4.78 is 1.81. The molecule has 2 N–H and O–H groups in total. The Morgan fingerprint density at radius 1 is 1.43 bits per heavy atom. The van der Waals surface area contributed by atoms with Crippen molar-refractivity contribution in [2.75, 3.05) is 26.7 Å². The fourth-order valence-electron chi connectivity index (χ4n) is 2.51. The van der Waals surface area contributed by atoms with Gasteiger partial charge in [-0.1, -0.05) is 13.3 Å². The van der Waals surface area contributed by atoms with Crippen molar-refractivity contribution in [2.24, 2.45) is 18.0 Å². The number of halogens is 1. The van der Waals surface area contributed by atoms with E-state index in [0.717, 1.165) is 50.4 Å². The number of rotatable bonds is 9. The summed E-state index contributed by atoms with van der Waals surface area (Å²) in [5.74, 6) is 1.36. The van der Waals surface area contributed by atoms with E-state index in [1.807, 2.05) is 31.2 Å². The van der Waals surface area contributed by atoms with Crippen molar-refractivity contribution in [3.05, 3.63) is 18.0 Å². The molecule has 0 amide bonds. The minimum Gasteiger partial charge on any atom is -0.396 e. The highest BCUT2D eigenvalue weighted by molar-refractivity contribution is 14.0. The Labute approximate surface area is 157 Å². The summed E-state index contributed by atoms with van der Waals surface area (Å²) in [7, 11) is 3.96. The molecule has 1 heterocycles. The molecule has 0 saturated heterocycles. The second-order valence-corrected chi connectivity index (χ2v) is 5.74. The van der Waals surface area contributed by atoms with E-state index in [1.54, 1.807) is 0 Å². The molecule has 1 atom stereocenters. The maximum Gasteiger partial charge on any atom is 0.193 e. The number of aliphatic hydroxyl groups excluding tert-OH is 1. The maximum absolute atomic E-state index is 9.15. The van der Waals surface area contributed by atoms with Gasteiger partial charge in [0.25, 0.3) is 0 Å². The van der Waals surface area contributed by atoms with Crippen LogP contribution < -0.4 is 5.32 Å². The first kappa shape index (κ1) is 22.2. The third-order valence-corrected chi connectivity index (χ3v) is 3.61. The fourth-order valence-corrected chi connectivity index (χ4v) is 2.51. The minimum absolute atomic E-state index is 0. The van der Waals surface area contributed by atoms with Gasteiger partial charge in [0.15, 0.2) is 5.96 Å². The molecule has 0 aliphatic rings. The van der Waals surface area contributed by atoms with Crippen LogP contribution in [0.25, 0.3) is 0 Å². The summed E-state index contributed by atoms with van der Waals surface area (Å²) in [4.78, 5) is 6.86. The van der Waals surface area contributed by atoms with Crippen molar-refractivity contribution < 1.29 is 5.11 Å². The van der Waals surface area contributed by atoms with E-state index in [0.29, 0.717) is 5.92 Å². The summed E-state index contributed by atoms with van der Waals surface area (Å²) >= 11 is 0. The van der Waals surface area contributed by atoms with Gasteiger partial charge in [0.1, 0.15) is 0 Å². The van der Waals surface area contributed by atoms with Crippen LogP contribution in [0.3, 0.4) is 0 Å². The highest BCUT2D eigenvalue weighted by Gasteiger charge is 2.10. The van der Waals surface area contributed by atoms with Crippen LogP contribution in [-0.2, 0) is 13.6 Å². The summed E-state index contributed by atoms with van der Waals surface area (Å²) in [5, 5.41) is 16.7. The predicted octanol–water partition coefficient (Wildman–Crippen LogP) is 2.23. The zero-order valence-corrected chi connectivity index (χ0v) is 17.2. The van der Waals surface area contributed by atoms with Crippen LogP contribution >= 0.6 is 24.0 Å². The van der Waals surface area contributed by atoms with Crippen LogP contribution in [0.2, 0.25) is 0 Å². The topological polar surface area (TPSA) is 65.7 Å². The van der Waals surface area contributed by atoms with Crippen molar-refractivity contribution in [2.45, 2.75) is 39.7 Å². The van der Waals surface area contributed by atoms with Gasteiger partial charge in [-0.2, -0.15) is 5.10 Å². The lowest BCUT2D eigenvalue weighted by molar-refractivity contribution is 0.253. The molecular formula is C16H32IN5O. The Kier molecular flexibility index (Phi) is 12.1. The van der Waals surface area contributed by atoms with Crippen molar-refractivity contribution in [3.63, 3.8) is 0 Å². The Bertz CT molecular complexity index is 443. The molecule has 7 heteroatoms.